The molecule has 94 valence electrons. The molecule has 6 heteroatoms. The van der Waals surface area contributed by atoms with Crippen LogP contribution < -0.4 is 0 Å². The normalized spacial score (nSPS) is 11.5. The third-order valence-corrected chi connectivity index (χ3v) is 6.00. The van der Waals surface area contributed by atoms with E-state index in [1.54, 1.807) is 42.5 Å². The van der Waals surface area contributed by atoms with Gasteiger partial charge in [-0.1, -0.05) is 37.9 Å². The first-order chi connectivity index (χ1) is 8.41. The Kier molecular flexibility index (Phi) is 4.31. The van der Waals surface area contributed by atoms with E-state index in [0.717, 1.165) is 8.95 Å². The van der Waals surface area contributed by atoms with Crippen molar-refractivity contribution in [3.05, 3.63) is 55.9 Å². The largest absolute Gasteiger partial charge is 0.218 e. The van der Waals surface area contributed by atoms with Crippen molar-refractivity contribution in [3.8, 4) is 0 Å². The van der Waals surface area contributed by atoms with E-state index in [0.29, 0.717) is 4.47 Å². The first kappa shape index (κ1) is 14.2. The Balaban J connectivity index is 2.62. The Morgan fingerprint density at radius 3 is 2.11 bits per heavy atom. The maximum atomic E-state index is 12.5. The Hall–Kier alpha value is -0.170. The molecule has 0 saturated carbocycles. The fraction of sp³-hybridized carbons (Fsp3) is 0. The summed E-state index contributed by atoms with van der Waals surface area (Å²) in [5.41, 5.74) is 0. The molecule has 0 fully saturated rings. The lowest BCUT2D eigenvalue weighted by atomic mass is 10.4. The minimum atomic E-state index is -3.51. The summed E-state index contributed by atoms with van der Waals surface area (Å²) in [7, 11) is -3.51. The molecule has 0 unspecified atom stereocenters. The highest BCUT2D eigenvalue weighted by molar-refractivity contribution is 9.11. The third-order valence-electron chi connectivity index (χ3n) is 2.29. The first-order valence-electron chi connectivity index (χ1n) is 4.87. The summed E-state index contributed by atoms with van der Waals surface area (Å²) in [4.78, 5) is 0.517. The van der Waals surface area contributed by atoms with E-state index in [9.17, 15) is 8.42 Å². The van der Waals surface area contributed by atoms with Crippen molar-refractivity contribution in [2.75, 3.05) is 0 Å². The van der Waals surface area contributed by atoms with Crippen molar-refractivity contribution in [2.45, 2.75) is 9.79 Å². The van der Waals surface area contributed by atoms with Gasteiger partial charge < -0.3 is 0 Å². The molecule has 0 radical (unpaired) electrons. The van der Waals surface area contributed by atoms with Gasteiger partial charge >= 0.3 is 0 Å². The predicted molar refractivity (Wildman–Crippen MR) is 81.4 cm³/mol. The molecule has 0 aliphatic rings. The highest BCUT2D eigenvalue weighted by atomic mass is 79.9. The SMILES string of the molecule is O=S(=O)(c1cccc(Br)c1)c1ccc(Br)cc1Br. The molecule has 2 rings (SSSR count). The number of hydrogen-bond donors (Lipinski definition) is 0. The van der Waals surface area contributed by atoms with Crippen LogP contribution in [-0.4, -0.2) is 8.42 Å². The minimum absolute atomic E-state index is 0.254. The molecular formula is C12H7Br3O2S. The van der Waals surface area contributed by atoms with Gasteiger partial charge in [0.15, 0.2) is 0 Å². The molecule has 0 aliphatic carbocycles. The summed E-state index contributed by atoms with van der Waals surface area (Å²) in [5.74, 6) is 0. The second kappa shape index (κ2) is 5.45. The molecule has 0 spiro atoms. The molecule has 0 bridgehead atoms. The standard InChI is InChI=1S/C12H7Br3O2S/c13-8-2-1-3-10(6-8)18(16,17)12-5-4-9(14)7-11(12)15/h1-7H. The Labute approximate surface area is 131 Å². The number of hydrogen-bond acceptors (Lipinski definition) is 2. The average Bonchev–Trinajstić information content (AvgIpc) is 2.28. The van der Waals surface area contributed by atoms with E-state index in [4.69, 9.17) is 0 Å². The second-order valence-corrected chi connectivity index (χ2v) is 8.14. The van der Waals surface area contributed by atoms with Crippen molar-refractivity contribution in [1.29, 1.82) is 0 Å². The number of benzene rings is 2. The molecule has 0 amide bonds. The van der Waals surface area contributed by atoms with Crippen LogP contribution >= 0.6 is 47.8 Å². The van der Waals surface area contributed by atoms with E-state index < -0.39 is 9.84 Å². The lowest BCUT2D eigenvalue weighted by Gasteiger charge is -2.07. The minimum Gasteiger partial charge on any atom is -0.218 e. The van der Waals surface area contributed by atoms with Crippen molar-refractivity contribution >= 4 is 57.6 Å². The monoisotopic (exact) mass is 452 g/mol. The van der Waals surface area contributed by atoms with Crippen molar-refractivity contribution < 1.29 is 8.42 Å². The molecule has 0 saturated heterocycles. The van der Waals surface area contributed by atoms with Crippen LogP contribution in [0.25, 0.3) is 0 Å². The summed E-state index contributed by atoms with van der Waals surface area (Å²) in [6.07, 6.45) is 0. The molecule has 0 aliphatic heterocycles. The Morgan fingerprint density at radius 2 is 1.50 bits per heavy atom. The van der Waals surface area contributed by atoms with Crippen LogP contribution in [-0.2, 0) is 9.84 Å². The zero-order valence-corrected chi connectivity index (χ0v) is 14.5. The third kappa shape index (κ3) is 2.87. The molecule has 18 heavy (non-hydrogen) atoms. The maximum Gasteiger partial charge on any atom is 0.207 e. The van der Waals surface area contributed by atoms with Gasteiger partial charge in [-0.05, 0) is 52.3 Å². The van der Waals surface area contributed by atoms with Gasteiger partial charge in [-0.25, -0.2) is 8.42 Å². The highest BCUT2D eigenvalue weighted by Gasteiger charge is 2.20. The molecule has 2 nitrogen and oxygen atoms in total. The van der Waals surface area contributed by atoms with Crippen LogP contribution in [0.1, 0.15) is 0 Å². The van der Waals surface area contributed by atoms with Gasteiger partial charge in [-0.15, -0.1) is 0 Å². The van der Waals surface area contributed by atoms with E-state index in [2.05, 4.69) is 47.8 Å². The average molecular weight is 455 g/mol. The van der Waals surface area contributed by atoms with Crippen LogP contribution in [0.5, 0.6) is 0 Å². The molecule has 2 aromatic carbocycles. The predicted octanol–water partition coefficient (Wildman–Crippen LogP) is 4.81. The van der Waals surface area contributed by atoms with E-state index in [-0.39, 0.29) is 9.79 Å². The fourth-order valence-corrected chi connectivity index (χ4v) is 5.05. The number of rotatable bonds is 2. The van der Waals surface area contributed by atoms with Crippen LogP contribution in [0.15, 0.2) is 65.7 Å². The van der Waals surface area contributed by atoms with Gasteiger partial charge in [0.1, 0.15) is 0 Å². The topological polar surface area (TPSA) is 34.1 Å². The smallest absolute Gasteiger partial charge is 0.207 e. The lowest BCUT2D eigenvalue weighted by Crippen LogP contribution is -2.02. The second-order valence-electron chi connectivity index (χ2n) is 3.54. The fourth-order valence-electron chi connectivity index (χ4n) is 1.45. The molecular weight excluding hydrogens is 448 g/mol. The summed E-state index contributed by atoms with van der Waals surface area (Å²) in [5, 5.41) is 0. The molecule has 0 aromatic heterocycles. The first-order valence-corrected chi connectivity index (χ1v) is 8.73. The van der Waals surface area contributed by atoms with Crippen LogP contribution in [0, 0.1) is 0 Å². The molecule has 0 heterocycles. The molecule has 0 atom stereocenters. The summed E-state index contributed by atoms with van der Waals surface area (Å²) in [6, 6.07) is 11.6. The molecule has 0 N–H and O–H groups in total. The van der Waals surface area contributed by atoms with E-state index >= 15 is 0 Å². The summed E-state index contributed by atoms with van der Waals surface area (Å²) in [6.45, 7) is 0. The van der Waals surface area contributed by atoms with E-state index in [1.165, 1.54) is 0 Å². The molecule has 2 aromatic rings. The van der Waals surface area contributed by atoms with Crippen molar-refractivity contribution in [3.63, 3.8) is 0 Å². The lowest BCUT2D eigenvalue weighted by molar-refractivity contribution is 0.595. The van der Waals surface area contributed by atoms with Gasteiger partial charge in [0, 0.05) is 13.4 Å². The van der Waals surface area contributed by atoms with Gasteiger partial charge in [0.05, 0.1) is 9.79 Å². The van der Waals surface area contributed by atoms with Crippen molar-refractivity contribution in [1.82, 2.24) is 0 Å². The van der Waals surface area contributed by atoms with Crippen LogP contribution in [0.2, 0.25) is 0 Å². The Bertz CT molecular complexity index is 696. The summed E-state index contributed by atoms with van der Waals surface area (Å²) >= 11 is 9.85. The summed E-state index contributed by atoms with van der Waals surface area (Å²) < 4.78 is 27.0. The number of sulfone groups is 1. The van der Waals surface area contributed by atoms with E-state index in [1.807, 2.05) is 0 Å². The van der Waals surface area contributed by atoms with Gasteiger partial charge in [0.2, 0.25) is 9.84 Å². The van der Waals surface area contributed by atoms with Crippen molar-refractivity contribution in [2.24, 2.45) is 0 Å². The zero-order chi connectivity index (χ0) is 13.3. The highest BCUT2D eigenvalue weighted by Crippen LogP contribution is 2.31. The zero-order valence-electron chi connectivity index (χ0n) is 8.90. The Morgan fingerprint density at radius 1 is 0.833 bits per heavy atom. The van der Waals surface area contributed by atoms with Gasteiger partial charge in [0.25, 0.3) is 0 Å². The quantitative estimate of drug-likeness (QED) is 0.652. The number of halogens is 3. The maximum absolute atomic E-state index is 12.5. The van der Waals surface area contributed by atoms with Gasteiger partial charge in [-0.3, -0.25) is 0 Å². The van der Waals surface area contributed by atoms with Gasteiger partial charge in [-0.2, -0.15) is 0 Å². The van der Waals surface area contributed by atoms with Crippen LogP contribution in [0.4, 0.5) is 0 Å². The van der Waals surface area contributed by atoms with Crippen LogP contribution in [0.3, 0.4) is 0 Å².